The molecule has 1 saturated heterocycles. The highest BCUT2D eigenvalue weighted by molar-refractivity contribution is 6.09. The molecule has 86 valence electrons. The summed E-state index contributed by atoms with van der Waals surface area (Å²) in [5.74, 6) is 0.392. The van der Waals surface area contributed by atoms with Gasteiger partial charge in [0.1, 0.15) is 11.2 Å². The second kappa shape index (κ2) is 3.43. The van der Waals surface area contributed by atoms with E-state index in [4.69, 9.17) is 5.26 Å². The average molecular weight is 229 g/mol. The molecule has 0 saturated carbocycles. The number of anilines is 2. The molecule has 3 rings (SSSR count). The Labute approximate surface area is 98.2 Å². The molecular formula is C11H11N5O. The van der Waals surface area contributed by atoms with E-state index in [2.05, 4.69) is 15.6 Å². The number of amides is 1. The Kier molecular flexibility index (Phi) is 2.03. The number of aromatic nitrogens is 1. The van der Waals surface area contributed by atoms with E-state index in [9.17, 15) is 4.79 Å². The summed E-state index contributed by atoms with van der Waals surface area (Å²) in [4.78, 5) is 17.6. The first-order valence-corrected chi connectivity index (χ1v) is 5.45. The third-order valence-electron chi connectivity index (χ3n) is 3.25. The Balaban J connectivity index is 2.12. The number of rotatable bonds is 0. The number of pyridine rings is 1. The highest BCUT2D eigenvalue weighted by Crippen LogP contribution is 2.35. The van der Waals surface area contributed by atoms with E-state index >= 15 is 0 Å². The standard InChI is InChI=1S/C11H11N5O/c12-7-16-8-2-1-4-14-9(8)15-11(10(16)17)3-5-13-6-11/h1-2,4,13H,3,5-6H2,(H,14,15). The highest BCUT2D eigenvalue weighted by Gasteiger charge is 2.48. The molecule has 1 fully saturated rings. The molecule has 0 aliphatic carbocycles. The van der Waals surface area contributed by atoms with E-state index in [0.29, 0.717) is 24.5 Å². The molecule has 1 unspecified atom stereocenters. The smallest absolute Gasteiger partial charge is 0.267 e. The van der Waals surface area contributed by atoms with E-state index in [-0.39, 0.29) is 5.91 Å². The van der Waals surface area contributed by atoms with Gasteiger partial charge in [-0.2, -0.15) is 5.26 Å². The van der Waals surface area contributed by atoms with Crippen molar-refractivity contribution in [1.29, 1.82) is 5.26 Å². The van der Waals surface area contributed by atoms with Crippen LogP contribution in [-0.2, 0) is 4.79 Å². The Morgan fingerprint density at radius 1 is 1.59 bits per heavy atom. The van der Waals surface area contributed by atoms with Crippen LogP contribution in [0.4, 0.5) is 11.5 Å². The molecule has 2 aliphatic rings. The van der Waals surface area contributed by atoms with Crippen molar-refractivity contribution in [1.82, 2.24) is 10.3 Å². The predicted octanol–water partition coefficient (Wildman–Crippen LogP) is 0.0533. The molecule has 0 bridgehead atoms. The van der Waals surface area contributed by atoms with Crippen LogP contribution in [0.15, 0.2) is 18.3 Å². The number of carbonyl (C=O) groups is 1. The van der Waals surface area contributed by atoms with E-state index in [1.807, 2.05) is 6.19 Å². The van der Waals surface area contributed by atoms with Crippen LogP contribution in [0.5, 0.6) is 0 Å². The Hall–Kier alpha value is -2.13. The lowest BCUT2D eigenvalue weighted by Crippen LogP contribution is -2.57. The average Bonchev–Trinajstić information content (AvgIpc) is 2.81. The Morgan fingerprint density at radius 3 is 3.18 bits per heavy atom. The van der Waals surface area contributed by atoms with Crippen molar-refractivity contribution in [3.63, 3.8) is 0 Å². The number of hydrogen-bond acceptors (Lipinski definition) is 5. The Bertz CT molecular complexity index is 515. The van der Waals surface area contributed by atoms with Gasteiger partial charge in [-0.15, -0.1) is 0 Å². The second-order valence-corrected chi connectivity index (χ2v) is 4.25. The van der Waals surface area contributed by atoms with Crippen LogP contribution in [0.1, 0.15) is 6.42 Å². The fourth-order valence-electron chi connectivity index (χ4n) is 2.36. The van der Waals surface area contributed by atoms with Crippen molar-refractivity contribution in [2.75, 3.05) is 23.3 Å². The maximum absolute atomic E-state index is 12.3. The van der Waals surface area contributed by atoms with Crippen LogP contribution in [0.2, 0.25) is 0 Å². The van der Waals surface area contributed by atoms with Gasteiger partial charge in [0.25, 0.3) is 5.91 Å². The Morgan fingerprint density at radius 2 is 2.47 bits per heavy atom. The molecule has 3 heterocycles. The first kappa shape index (κ1) is 10.1. The minimum Gasteiger partial charge on any atom is -0.353 e. The van der Waals surface area contributed by atoms with Crippen LogP contribution in [-0.4, -0.2) is 29.5 Å². The number of nitrogens with zero attached hydrogens (tertiary/aromatic N) is 3. The van der Waals surface area contributed by atoms with Crippen LogP contribution < -0.4 is 15.5 Å². The van der Waals surface area contributed by atoms with Gasteiger partial charge in [-0.25, -0.2) is 9.88 Å². The number of nitrogens with one attached hydrogen (secondary N) is 2. The summed E-state index contributed by atoms with van der Waals surface area (Å²) in [5, 5.41) is 15.4. The van der Waals surface area contributed by atoms with Gasteiger partial charge < -0.3 is 10.6 Å². The molecule has 0 radical (unpaired) electrons. The zero-order valence-corrected chi connectivity index (χ0v) is 9.10. The van der Waals surface area contributed by atoms with Gasteiger partial charge in [-0.3, -0.25) is 4.79 Å². The summed E-state index contributed by atoms with van der Waals surface area (Å²) < 4.78 is 0. The van der Waals surface area contributed by atoms with Crippen LogP contribution in [0.3, 0.4) is 0 Å². The minimum absolute atomic E-state index is 0.203. The summed E-state index contributed by atoms with van der Waals surface area (Å²) >= 11 is 0. The lowest BCUT2D eigenvalue weighted by atomic mass is 9.94. The summed E-state index contributed by atoms with van der Waals surface area (Å²) in [5.41, 5.74) is -0.186. The molecule has 6 heteroatoms. The normalized spacial score (nSPS) is 26.5. The number of carbonyl (C=O) groups excluding carboxylic acids is 1. The van der Waals surface area contributed by atoms with Crippen molar-refractivity contribution < 1.29 is 4.79 Å². The quantitative estimate of drug-likeness (QED) is 0.614. The van der Waals surface area contributed by atoms with Crippen molar-refractivity contribution >= 4 is 17.4 Å². The zero-order chi connectivity index (χ0) is 11.9. The summed E-state index contributed by atoms with van der Waals surface area (Å²) in [6, 6.07) is 3.43. The number of hydrogen-bond donors (Lipinski definition) is 2. The number of fused-ring (bicyclic) bond motifs is 1. The predicted molar refractivity (Wildman–Crippen MR) is 61.2 cm³/mol. The SMILES string of the molecule is N#CN1C(=O)C2(CCNC2)Nc2ncccc21. The van der Waals surface area contributed by atoms with Crippen LogP contribution in [0.25, 0.3) is 0 Å². The fraction of sp³-hybridized carbons (Fsp3) is 0.364. The van der Waals surface area contributed by atoms with Gasteiger partial charge >= 0.3 is 0 Å². The molecule has 1 atom stereocenters. The van der Waals surface area contributed by atoms with E-state index in [1.165, 1.54) is 0 Å². The molecule has 17 heavy (non-hydrogen) atoms. The number of nitriles is 1. The first-order chi connectivity index (χ1) is 8.27. The summed E-state index contributed by atoms with van der Waals surface area (Å²) in [6.07, 6.45) is 4.25. The fourth-order valence-corrected chi connectivity index (χ4v) is 2.36. The van der Waals surface area contributed by atoms with Crippen molar-refractivity contribution in [3.8, 4) is 6.19 Å². The lowest BCUT2D eigenvalue weighted by Gasteiger charge is -2.37. The monoisotopic (exact) mass is 229 g/mol. The van der Waals surface area contributed by atoms with E-state index in [0.717, 1.165) is 11.4 Å². The molecule has 1 aromatic rings. The molecule has 1 amide bonds. The van der Waals surface area contributed by atoms with Gasteiger partial charge in [0, 0.05) is 12.7 Å². The van der Waals surface area contributed by atoms with Gasteiger partial charge in [0.05, 0.1) is 0 Å². The highest BCUT2D eigenvalue weighted by atomic mass is 16.2. The third kappa shape index (κ3) is 1.29. The molecule has 2 aliphatic heterocycles. The maximum atomic E-state index is 12.3. The summed E-state index contributed by atoms with van der Waals surface area (Å²) in [7, 11) is 0. The van der Waals surface area contributed by atoms with Gasteiger partial charge in [-0.05, 0) is 25.1 Å². The molecule has 0 aromatic carbocycles. The van der Waals surface area contributed by atoms with E-state index in [1.54, 1.807) is 18.3 Å². The lowest BCUT2D eigenvalue weighted by molar-refractivity contribution is -0.121. The van der Waals surface area contributed by atoms with Gasteiger partial charge in [0.2, 0.25) is 0 Å². The van der Waals surface area contributed by atoms with Gasteiger partial charge in [0.15, 0.2) is 12.0 Å². The molecular weight excluding hydrogens is 218 g/mol. The van der Waals surface area contributed by atoms with Crippen LogP contribution >= 0.6 is 0 Å². The molecule has 6 nitrogen and oxygen atoms in total. The van der Waals surface area contributed by atoms with E-state index < -0.39 is 5.54 Å². The summed E-state index contributed by atoms with van der Waals surface area (Å²) in [6.45, 7) is 1.29. The van der Waals surface area contributed by atoms with Crippen molar-refractivity contribution in [2.45, 2.75) is 12.0 Å². The third-order valence-corrected chi connectivity index (χ3v) is 3.25. The molecule has 1 aromatic heterocycles. The first-order valence-electron chi connectivity index (χ1n) is 5.45. The zero-order valence-electron chi connectivity index (χ0n) is 9.10. The second-order valence-electron chi connectivity index (χ2n) is 4.25. The van der Waals surface area contributed by atoms with Crippen molar-refractivity contribution in [2.24, 2.45) is 0 Å². The maximum Gasteiger partial charge on any atom is 0.267 e. The topological polar surface area (TPSA) is 81.0 Å². The largest absolute Gasteiger partial charge is 0.353 e. The molecule has 2 N–H and O–H groups in total. The van der Waals surface area contributed by atoms with Crippen LogP contribution in [0, 0.1) is 11.5 Å². The van der Waals surface area contributed by atoms with Gasteiger partial charge in [-0.1, -0.05) is 0 Å². The molecule has 1 spiro atoms. The minimum atomic E-state index is -0.711. The van der Waals surface area contributed by atoms with Crippen molar-refractivity contribution in [3.05, 3.63) is 18.3 Å².